The first-order valence-electron chi connectivity index (χ1n) is 7.70. The Bertz CT molecular complexity index is 798. The van der Waals surface area contributed by atoms with E-state index in [1.807, 2.05) is 0 Å². The lowest BCUT2D eigenvalue weighted by molar-refractivity contribution is -0.487. The van der Waals surface area contributed by atoms with E-state index >= 15 is 0 Å². The van der Waals surface area contributed by atoms with Crippen molar-refractivity contribution >= 4 is 0 Å². The van der Waals surface area contributed by atoms with Crippen molar-refractivity contribution in [2.24, 2.45) is 0 Å². The third-order valence-corrected chi connectivity index (χ3v) is 4.28. The van der Waals surface area contributed by atoms with Gasteiger partial charge in [-0.15, -0.1) is 0 Å². The molecule has 0 bridgehead atoms. The molecule has 0 fully saturated rings. The van der Waals surface area contributed by atoms with Gasteiger partial charge in [-0.05, 0) is 0 Å². The van der Waals surface area contributed by atoms with Gasteiger partial charge in [0.25, 0.3) is 0 Å². The first kappa shape index (κ1) is 36.2. The Morgan fingerprint density at radius 3 is 0.474 bits per heavy atom. The topological polar surface area (TPSA) is 20.2 Å². The molecule has 0 saturated heterocycles. The Morgan fingerprint density at radius 2 is 0.342 bits per heavy atom. The van der Waals surface area contributed by atoms with Gasteiger partial charge in [0.1, 0.15) is 0 Å². The van der Waals surface area contributed by atoms with E-state index < -0.39 is 71.5 Å². The minimum atomic E-state index is -9.62. The van der Waals surface area contributed by atoms with E-state index in [0.717, 1.165) is 0 Å². The highest BCUT2D eigenvalue weighted by molar-refractivity contribution is 5.19. The second-order valence-corrected chi connectivity index (χ2v) is 6.78. The Morgan fingerprint density at radius 1 is 0.211 bits per heavy atom. The van der Waals surface area contributed by atoms with Crippen molar-refractivity contribution < 1.29 is 115 Å². The summed E-state index contributed by atoms with van der Waals surface area (Å²) >= 11 is 0. The number of halogens is 25. The number of alkyl halides is 25. The van der Waals surface area contributed by atoms with Gasteiger partial charge in [0, 0.05) is 0 Å². The van der Waals surface area contributed by atoms with Crippen LogP contribution in [0.3, 0.4) is 0 Å². The maximum atomic E-state index is 13.4. The molecule has 0 saturated carbocycles. The van der Waals surface area contributed by atoms with Gasteiger partial charge in [0.2, 0.25) is 0 Å². The van der Waals surface area contributed by atoms with Crippen molar-refractivity contribution in [3.05, 3.63) is 0 Å². The van der Waals surface area contributed by atoms with Gasteiger partial charge in [-0.25, -0.2) is 0 Å². The summed E-state index contributed by atoms with van der Waals surface area (Å²) in [7, 11) is 0. The molecule has 0 heterocycles. The molecule has 0 radical (unpaired) electrons. The van der Waals surface area contributed by atoms with E-state index in [4.69, 9.17) is 5.11 Å². The van der Waals surface area contributed by atoms with Gasteiger partial charge in [-0.1, -0.05) is 0 Å². The molecule has 0 aromatic rings. The summed E-state index contributed by atoms with van der Waals surface area (Å²) in [6.45, 7) is 0. The van der Waals surface area contributed by atoms with E-state index in [9.17, 15) is 110 Å². The highest BCUT2D eigenvalue weighted by atomic mass is 19.4. The van der Waals surface area contributed by atoms with Crippen LogP contribution in [0.1, 0.15) is 0 Å². The van der Waals surface area contributed by atoms with E-state index in [1.54, 1.807) is 0 Å². The average Bonchev–Trinajstić information content (AvgIpc) is 2.64. The lowest BCUT2D eigenvalue weighted by Gasteiger charge is -2.45. The molecule has 0 unspecified atom stereocenters. The predicted octanol–water partition coefficient (Wildman–Crippen LogP) is 7.49. The largest absolute Gasteiger partial charge is 0.460 e. The third-order valence-electron chi connectivity index (χ3n) is 4.28. The number of aliphatic hydroxyl groups is 1. The Labute approximate surface area is 188 Å². The average molecular weight is 636 g/mol. The Hall–Kier alpha value is -1.79. The summed E-state index contributed by atoms with van der Waals surface area (Å²) in [6, 6.07) is 0. The molecule has 38 heavy (non-hydrogen) atoms. The number of hydrogen-bond donors (Lipinski definition) is 1. The summed E-state index contributed by atoms with van der Waals surface area (Å²) in [5.74, 6) is -92.1. The lowest BCUT2D eigenvalue weighted by Crippen LogP contribution is -2.78. The summed E-state index contributed by atoms with van der Waals surface area (Å²) < 4.78 is 322. The van der Waals surface area contributed by atoms with Crippen LogP contribution in [-0.4, -0.2) is 76.6 Å². The summed E-state index contributed by atoms with van der Waals surface area (Å²) in [5.41, 5.74) is 0. The van der Waals surface area contributed by atoms with Crippen molar-refractivity contribution in [3.8, 4) is 0 Å². The standard InChI is InChI=1S/C12HF25O/c13-1(14,3(17,18)5(21,22)7(25,26)9(29,30)11(33,34)35)2(15,16)4(19,20)6(23,24)8(27,28)10(31,32)12(36,37)38/h38H. The van der Waals surface area contributed by atoms with Gasteiger partial charge >= 0.3 is 71.5 Å². The lowest BCUT2D eigenvalue weighted by atomic mass is 9.85. The maximum absolute atomic E-state index is 13.4. The van der Waals surface area contributed by atoms with E-state index in [2.05, 4.69) is 0 Å². The second kappa shape index (κ2) is 8.36. The number of hydrogen-bond acceptors (Lipinski definition) is 1. The Balaban J connectivity index is 7.29. The molecular weight excluding hydrogens is 635 g/mol. The van der Waals surface area contributed by atoms with Crippen LogP contribution >= 0.6 is 0 Å². The molecule has 26 heteroatoms. The van der Waals surface area contributed by atoms with E-state index in [0.29, 0.717) is 0 Å². The van der Waals surface area contributed by atoms with Crippen molar-refractivity contribution in [2.45, 2.75) is 71.5 Å². The molecule has 230 valence electrons. The van der Waals surface area contributed by atoms with Crippen LogP contribution in [0.15, 0.2) is 0 Å². The molecule has 0 aromatic carbocycles. The van der Waals surface area contributed by atoms with Gasteiger partial charge < -0.3 is 5.11 Å². The summed E-state index contributed by atoms with van der Waals surface area (Å²) in [5, 5.41) is 7.40. The molecule has 0 atom stereocenters. The van der Waals surface area contributed by atoms with Crippen molar-refractivity contribution in [2.75, 3.05) is 0 Å². The molecule has 1 N–H and O–H groups in total. The van der Waals surface area contributed by atoms with E-state index in [1.165, 1.54) is 0 Å². The SMILES string of the molecule is OC(F)(F)C(F)(F)C(F)(F)C(F)(F)C(F)(F)C(F)(F)C(F)(F)C(F)(F)C(F)(F)C(F)(F)C(F)(F)C(F)(F)F. The zero-order valence-electron chi connectivity index (χ0n) is 15.9. The zero-order chi connectivity index (χ0) is 32.0. The van der Waals surface area contributed by atoms with Crippen molar-refractivity contribution in [1.82, 2.24) is 0 Å². The summed E-state index contributed by atoms with van der Waals surface area (Å²) in [6.07, 6.45) is -15.9. The molecule has 0 aliphatic rings. The first-order valence-corrected chi connectivity index (χ1v) is 7.70. The fourth-order valence-corrected chi connectivity index (χ4v) is 1.94. The minimum Gasteiger partial charge on any atom is -0.331 e. The molecule has 0 amide bonds. The van der Waals surface area contributed by atoms with Crippen LogP contribution in [-0.2, 0) is 0 Å². The summed E-state index contributed by atoms with van der Waals surface area (Å²) in [4.78, 5) is 0. The van der Waals surface area contributed by atoms with Crippen LogP contribution in [0.2, 0.25) is 0 Å². The normalized spacial score (nSPS) is 17.2. The monoisotopic (exact) mass is 636 g/mol. The fraction of sp³-hybridized carbons (Fsp3) is 1.00. The predicted molar refractivity (Wildman–Crippen MR) is 62.7 cm³/mol. The van der Waals surface area contributed by atoms with Gasteiger partial charge in [-0.3, -0.25) is 0 Å². The molecule has 0 spiro atoms. The van der Waals surface area contributed by atoms with Crippen molar-refractivity contribution in [3.63, 3.8) is 0 Å². The molecule has 0 aliphatic carbocycles. The van der Waals surface area contributed by atoms with Crippen molar-refractivity contribution in [1.29, 1.82) is 0 Å². The van der Waals surface area contributed by atoms with Gasteiger partial charge in [-0.2, -0.15) is 110 Å². The van der Waals surface area contributed by atoms with Gasteiger partial charge in [0.05, 0.1) is 0 Å². The fourth-order valence-electron chi connectivity index (χ4n) is 1.94. The van der Waals surface area contributed by atoms with Crippen LogP contribution in [0, 0.1) is 0 Å². The molecular formula is C12HF25O. The quantitative estimate of drug-likeness (QED) is 0.247. The second-order valence-electron chi connectivity index (χ2n) is 6.78. The van der Waals surface area contributed by atoms with Crippen LogP contribution in [0.4, 0.5) is 110 Å². The molecule has 0 aliphatic heterocycles. The molecule has 1 nitrogen and oxygen atoms in total. The smallest absolute Gasteiger partial charge is 0.331 e. The van der Waals surface area contributed by atoms with Crippen LogP contribution in [0.5, 0.6) is 0 Å². The highest BCUT2D eigenvalue weighted by Crippen LogP contribution is 2.67. The third kappa shape index (κ3) is 3.99. The van der Waals surface area contributed by atoms with Crippen LogP contribution in [0.25, 0.3) is 0 Å². The highest BCUT2D eigenvalue weighted by Gasteiger charge is 2.99. The first-order chi connectivity index (χ1) is 15.8. The Kier molecular flexibility index (Phi) is 7.97. The zero-order valence-corrected chi connectivity index (χ0v) is 15.9. The van der Waals surface area contributed by atoms with Crippen LogP contribution < -0.4 is 0 Å². The minimum absolute atomic E-state index is 7.40. The molecule has 0 aromatic heterocycles. The van der Waals surface area contributed by atoms with E-state index in [-0.39, 0.29) is 0 Å². The van der Waals surface area contributed by atoms with Gasteiger partial charge in [0.15, 0.2) is 0 Å². The number of rotatable bonds is 10. The molecule has 0 rings (SSSR count). The maximum Gasteiger partial charge on any atom is 0.460 e.